The molecule has 3 aromatic rings. The maximum absolute atomic E-state index is 12.7. The van der Waals surface area contributed by atoms with Crippen LogP contribution in [-0.2, 0) is 13.1 Å². The van der Waals surface area contributed by atoms with Crippen molar-refractivity contribution < 1.29 is 4.79 Å². The zero-order chi connectivity index (χ0) is 20.4. The van der Waals surface area contributed by atoms with E-state index in [0.29, 0.717) is 23.3 Å². The van der Waals surface area contributed by atoms with Gasteiger partial charge in [-0.05, 0) is 24.1 Å². The second-order valence-electron chi connectivity index (χ2n) is 7.77. The molecule has 0 bridgehead atoms. The summed E-state index contributed by atoms with van der Waals surface area (Å²) < 4.78 is 1.92. The summed E-state index contributed by atoms with van der Waals surface area (Å²) in [7, 11) is 3.49. The topological polar surface area (TPSA) is 52.9 Å². The largest absolute Gasteiger partial charge is 0.343 e. The van der Waals surface area contributed by atoms with Gasteiger partial charge in [0.1, 0.15) is 5.65 Å². The molecule has 0 aliphatic carbocycles. The van der Waals surface area contributed by atoms with Crippen LogP contribution in [0.3, 0.4) is 0 Å². The summed E-state index contributed by atoms with van der Waals surface area (Å²) in [5.74, 6) is -0.0984. The fourth-order valence-corrected chi connectivity index (χ4v) is 4.01. The first kappa shape index (κ1) is 19.9. The predicted octanol–water partition coefficient (Wildman–Crippen LogP) is 3.05. The number of nitrogens with one attached hydrogen (secondary N) is 1. The minimum atomic E-state index is -0.0984. The number of hydrogen-bond acceptors (Lipinski definition) is 4. The maximum Gasteiger partial charge on any atom is 0.273 e. The van der Waals surface area contributed by atoms with E-state index in [1.165, 1.54) is 5.56 Å². The summed E-state index contributed by atoms with van der Waals surface area (Å²) >= 11 is 6.19. The molecule has 1 aliphatic heterocycles. The molecule has 6 nitrogen and oxygen atoms in total. The van der Waals surface area contributed by atoms with Crippen molar-refractivity contribution in [2.75, 3.05) is 27.2 Å². The molecule has 3 heterocycles. The van der Waals surface area contributed by atoms with Gasteiger partial charge >= 0.3 is 0 Å². The van der Waals surface area contributed by atoms with Crippen molar-refractivity contribution in [3.63, 3.8) is 0 Å². The summed E-state index contributed by atoms with van der Waals surface area (Å²) in [5, 5.41) is 4.25. The number of rotatable bonds is 6. The normalized spacial score (nSPS) is 17.1. The number of imidazole rings is 1. The molecule has 1 N–H and O–H groups in total. The van der Waals surface area contributed by atoms with E-state index < -0.39 is 0 Å². The molecule has 1 amide bonds. The van der Waals surface area contributed by atoms with Crippen LogP contribution < -0.4 is 5.32 Å². The Morgan fingerprint density at radius 3 is 2.79 bits per heavy atom. The van der Waals surface area contributed by atoms with Gasteiger partial charge in [0, 0.05) is 52.5 Å². The number of carbonyl (C=O) groups is 1. The SMILES string of the molecule is CN(C)C(=O)c1nc2ccc(Cl)cn2c1CNC1CCN(Cc2ccccc2)C1. The molecule has 1 atom stereocenters. The van der Waals surface area contributed by atoms with Crippen molar-refractivity contribution in [3.05, 3.63) is 70.6 Å². The first-order chi connectivity index (χ1) is 14.0. The van der Waals surface area contributed by atoms with Gasteiger partial charge in [-0.25, -0.2) is 4.98 Å². The minimum absolute atomic E-state index is 0.0984. The number of carbonyl (C=O) groups excluding carboxylic acids is 1. The first-order valence-electron chi connectivity index (χ1n) is 9.89. The highest BCUT2D eigenvalue weighted by molar-refractivity contribution is 6.30. The van der Waals surface area contributed by atoms with Gasteiger partial charge in [-0.2, -0.15) is 0 Å². The van der Waals surface area contributed by atoms with Crippen LogP contribution in [0.4, 0.5) is 0 Å². The molecule has 1 aliphatic rings. The van der Waals surface area contributed by atoms with Gasteiger partial charge in [-0.3, -0.25) is 9.69 Å². The minimum Gasteiger partial charge on any atom is -0.343 e. The van der Waals surface area contributed by atoms with Crippen LogP contribution in [0.2, 0.25) is 5.02 Å². The van der Waals surface area contributed by atoms with Crippen LogP contribution in [0.15, 0.2) is 48.7 Å². The van der Waals surface area contributed by atoms with Crippen molar-refractivity contribution in [3.8, 4) is 0 Å². The average Bonchev–Trinajstić information content (AvgIpc) is 3.30. The van der Waals surface area contributed by atoms with Gasteiger partial charge in [0.25, 0.3) is 5.91 Å². The molecular weight excluding hydrogens is 386 g/mol. The molecule has 29 heavy (non-hydrogen) atoms. The Morgan fingerprint density at radius 1 is 1.24 bits per heavy atom. The Labute approximate surface area is 176 Å². The molecule has 0 spiro atoms. The lowest BCUT2D eigenvalue weighted by molar-refractivity contribution is 0.0821. The lowest BCUT2D eigenvalue weighted by Gasteiger charge is -2.17. The lowest BCUT2D eigenvalue weighted by Crippen LogP contribution is -2.33. The maximum atomic E-state index is 12.7. The smallest absolute Gasteiger partial charge is 0.273 e. The molecule has 7 heteroatoms. The summed E-state index contributed by atoms with van der Waals surface area (Å²) in [6.45, 7) is 3.59. The van der Waals surface area contributed by atoms with Gasteiger partial charge in [0.05, 0.1) is 10.7 Å². The van der Waals surface area contributed by atoms with Gasteiger partial charge in [0.15, 0.2) is 5.69 Å². The standard InChI is InChI=1S/C22H26ClN5O/c1-26(2)22(29)21-19(28-14-17(23)8-9-20(28)25-21)12-24-18-10-11-27(15-18)13-16-6-4-3-5-7-16/h3-9,14,18,24H,10-13,15H2,1-2H3. The van der Waals surface area contributed by atoms with Crippen LogP contribution in [-0.4, -0.2) is 58.3 Å². The Balaban J connectivity index is 1.47. The number of likely N-dealkylation sites (tertiary alicyclic amines) is 1. The highest BCUT2D eigenvalue weighted by Gasteiger charge is 2.25. The Kier molecular flexibility index (Phi) is 5.85. The monoisotopic (exact) mass is 411 g/mol. The fourth-order valence-electron chi connectivity index (χ4n) is 3.84. The zero-order valence-corrected chi connectivity index (χ0v) is 17.6. The number of amides is 1. The van der Waals surface area contributed by atoms with Gasteiger partial charge in [-0.1, -0.05) is 41.9 Å². The predicted molar refractivity (Wildman–Crippen MR) is 115 cm³/mol. The van der Waals surface area contributed by atoms with Crippen molar-refractivity contribution in [2.24, 2.45) is 0 Å². The van der Waals surface area contributed by atoms with Crippen LogP contribution in [0.25, 0.3) is 5.65 Å². The lowest BCUT2D eigenvalue weighted by atomic mass is 10.2. The van der Waals surface area contributed by atoms with Gasteiger partial charge in [0.2, 0.25) is 0 Å². The number of nitrogens with zero attached hydrogens (tertiary/aromatic N) is 4. The molecule has 0 saturated carbocycles. The van der Waals surface area contributed by atoms with E-state index in [-0.39, 0.29) is 5.91 Å². The number of fused-ring (bicyclic) bond motifs is 1. The zero-order valence-electron chi connectivity index (χ0n) is 16.8. The number of aromatic nitrogens is 2. The van der Waals surface area contributed by atoms with E-state index in [0.717, 1.165) is 37.4 Å². The number of hydrogen-bond donors (Lipinski definition) is 1. The summed E-state index contributed by atoms with van der Waals surface area (Å²) in [4.78, 5) is 21.2. The van der Waals surface area contributed by atoms with Crippen molar-refractivity contribution >= 4 is 23.2 Å². The highest BCUT2D eigenvalue weighted by atomic mass is 35.5. The molecular formula is C22H26ClN5O. The molecule has 1 unspecified atom stereocenters. The third-order valence-corrected chi connectivity index (χ3v) is 5.59. The Morgan fingerprint density at radius 2 is 2.03 bits per heavy atom. The van der Waals surface area contributed by atoms with E-state index in [9.17, 15) is 4.79 Å². The molecule has 0 radical (unpaired) electrons. The van der Waals surface area contributed by atoms with E-state index in [2.05, 4.69) is 39.5 Å². The highest BCUT2D eigenvalue weighted by Crippen LogP contribution is 2.19. The first-order valence-corrected chi connectivity index (χ1v) is 10.3. The van der Waals surface area contributed by atoms with E-state index in [1.54, 1.807) is 25.1 Å². The molecule has 1 fully saturated rings. The van der Waals surface area contributed by atoms with E-state index >= 15 is 0 Å². The van der Waals surface area contributed by atoms with Crippen molar-refractivity contribution in [2.45, 2.75) is 25.6 Å². The third-order valence-electron chi connectivity index (χ3n) is 5.37. The third kappa shape index (κ3) is 4.45. The quantitative estimate of drug-likeness (QED) is 0.677. The average molecular weight is 412 g/mol. The van der Waals surface area contributed by atoms with Crippen LogP contribution in [0.1, 0.15) is 28.2 Å². The molecule has 4 rings (SSSR count). The number of pyridine rings is 1. The molecule has 2 aromatic heterocycles. The number of halogens is 1. The van der Waals surface area contributed by atoms with Gasteiger partial charge in [-0.15, -0.1) is 0 Å². The van der Waals surface area contributed by atoms with Crippen LogP contribution in [0.5, 0.6) is 0 Å². The number of benzene rings is 1. The Bertz CT molecular complexity index is 1000. The second-order valence-corrected chi connectivity index (χ2v) is 8.21. The van der Waals surface area contributed by atoms with E-state index in [4.69, 9.17) is 11.6 Å². The van der Waals surface area contributed by atoms with Crippen molar-refractivity contribution in [1.29, 1.82) is 0 Å². The van der Waals surface area contributed by atoms with Crippen LogP contribution >= 0.6 is 11.6 Å². The summed E-state index contributed by atoms with van der Waals surface area (Å²) in [6.07, 6.45) is 2.91. The van der Waals surface area contributed by atoms with E-state index in [1.807, 2.05) is 22.7 Å². The van der Waals surface area contributed by atoms with Gasteiger partial charge < -0.3 is 14.6 Å². The van der Waals surface area contributed by atoms with Crippen molar-refractivity contribution in [1.82, 2.24) is 24.5 Å². The van der Waals surface area contributed by atoms with Crippen LogP contribution in [0, 0.1) is 0 Å². The molecule has 1 saturated heterocycles. The molecule has 152 valence electrons. The fraction of sp³-hybridized carbons (Fsp3) is 0.364. The summed E-state index contributed by atoms with van der Waals surface area (Å²) in [6, 6.07) is 14.6. The second kappa shape index (κ2) is 8.53. The summed E-state index contributed by atoms with van der Waals surface area (Å²) in [5.41, 5.74) is 3.39. The molecule has 1 aromatic carbocycles. The Hall–Kier alpha value is -2.41.